The Morgan fingerprint density at radius 2 is 2.10 bits per heavy atom. The molecule has 21 heavy (non-hydrogen) atoms. The number of hydrogen-bond donors (Lipinski definition) is 2. The molecule has 5 nitrogen and oxygen atoms in total. The van der Waals surface area contributed by atoms with Gasteiger partial charge in [0.15, 0.2) is 0 Å². The SMILES string of the molecule is O=C(N[C@@H]1CCCCNC1=O)c1ccc(C(F)(F)F)nc1. The molecule has 2 N–H and O–H groups in total. The fourth-order valence-electron chi connectivity index (χ4n) is 2.01. The summed E-state index contributed by atoms with van der Waals surface area (Å²) in [5.41, 5.74) is -1.08. The number of alkyl halides is 3. The number of hydrogen-bond acceptors (Lipinski definition) is 3. The minimum absolute atomic E-state index is 0.0138. The molecule has 0 aromatic carbocycles. The molecule has 1 aromatic rings. The Bertz CT molecular complexity index is 528. The van der Waals surface area contributed by atoms with E-state index in [1.54, 1.807) is 0 Å². The Labute approximate surface area is 118 Å². The van der Waals surface area contributed by atoms with Crippen molar-refractivity contribution >= 4 is 11.8 Å². The van der Waals surface area contributed by atoms with E-state index in [2.05, 4.69) is 15.6 Å². The molecule has 0 bridgehead atoms. The van der Waals surface area contributed by atoms with Gasteiger partial charge in [-0.3, -0.25) is 14.6 Å². The summed E-state index contributed by atoms with van der Waals surface area (Å²) in [6.07, 6.45) is -1.57. The van der Waals surface area contributed by atoms with E-state index in [0.717, 1.165) is 31.2 Å². The minimum atomic E-state index is -4.55. The van der Waals surface area contributed by atoms with Crippen LogP contribution in [0.4, 0.5) is 13.2 Å². The van der Waals surface area contributed by atoms with E-state index in [-0.39, 0.29) is 11.5 Å². The Balaban J connectivity index is 2.04. The standard InChI is InChI=1S/C13H14F3N3O2/c14-13(15,16)10-5-4-8(7-18-10)11(20)19-9-3-1-2-6-17-12(9)21/h4-5,7,9H,1-3,6H2,(H,17,21)(H,19,20)/t9-/m1/s1. The van der Waals surface area contributed by atoms with Crippen molar-refractivity contribution in [2.24, 2.45) is 0 Å². The lowest BCUT2D eigenvalue weighted by Crippen LogP contribution is -2.45. The highest BCUT2D eigenvalue weighted by Crippen LogP contribution is 2.27. The van der Waals surface area contributed by atoms with Gasteiger partial charge in [0.25, 0.3) is 5.91 Å². The fourth-order valence-corrected chi connectivity index (χ4v) is 2.01. The average Bonchev–Trinajstić information content (AvgIpc) is 2.63. The van der Waals surface area contributed by atoms with Crippen LogP contribution in [0.5, 0.6) is 0 Å². The van der Waals surface area contributed by atoms with Gasteiger partial charge in [0, 0.05) is 12.7 Å². The van der Waals surface area contributed by atoms with E-state index >= 15 is 0 Å². The second-order valence-electron chi connectivity index (χ2n) is 4.74. The van der Waals surface area contributed by atoms with E-state index < -0.39 is 23.8 Å². The number of carbonyl (C=O) groups is 2. The Hall–Kier alpha value is -2.12. The van der Waals surface area contributed by atoms with Gasteiger partial charge in [-0.25, -0.2) is 0 Å². The van der Waals surface area contributed by atoms with Gasteiger partial charge in [0.05, 0.1) is 5.56 Å². The van der Waals surface area contributed by atoms with Gasteiger partial charge >= 0.3 is 6.18 Å². The van der Waals surface area contributed by atoms with Crippen LogP contribution in [0.2, 0.25) is 0 Å². The first kappa shape index (κ1) is 15.3. The van der Waals surface area contributed by atoms with Crippen LogP contribution >= 0.6 is 0 Å². The monoisotopic (exact) mass is 301 g/mol. The topological polar surface area (TPSA) is 71.1 Å². The van der Waals surface area contributed by atoms with Crippen LogP contribution in [-0.2, 0) is 11.0 Å². The number of aromatic nitrogens is 1. The lowest BCUT2D eigenvalue weighted by molar-refractivity contribution is -0.141. The third-order valence-electron chi connectivity index (χ3n) is 3.16. The number of carbonyl (C=O) groups excluding carboxylic acids is 2. The van der Waals surface area contributed by atoms with Crippen molar-refractivity contribution in [3.05, 3.63) is 29.6 Å². The lowest BCUT2D eigenvalue weighted by atomic mass is 10.1. The summed E-state index contributed by atoms with van der Waals surface area (Å²) >= 11 is 0. The molecule has 1 atom stereocenters. The zero-order valence-corrected chi connectivity index (χ0v) is 11.0. The van der Waals surface area contributed by atoms with E-state index in [1.165, 1.54) is 0 Å². The predicted octanol–water partition coefficient (Wildman–Crippen LogP) is 1.50. The average molecular weight is 301 g/mol. The molecule has 2 heterocycles. The van der Waals surface area contributed by atoms with E-state index in [9.17, 15) is 22.8 Å². The molecule has 0 unspecified atom stereocenters. The lowest BCUT2D eigenvalue weighted by Gasteiger charge is -2.15. The number of pyridine rings is 1. The van der Waals surface area contributed by atoms with Crippen molar-refractivity contribution in [1.82, 2.24) is 15.6 Å². The summed E-state index contributed by atoms with van der Waals surface area (Å²) in [5.74, 6) is -0.890. The molecule has 2 rings (SSSR count). The Kier molecular flexibility index (Phi) is 4.44. The summed E-state index contributed by atoms with van der Waals surface area (Å²) < 4.78 is 37.1. The van der Waals surface area contributed by atoms with Gasteiger partial charge in [-0.1, -0.05) is 0 Å². The maximum atomic E-state index is 12.4. The summed E-state index contributed by atoms with van der Waals surface area (Å²) in [6, 6.07) is 1.12. The zero-order valence-electron chi connectivity index (χ0n) is 11.0. The molecule has 114 valence electrons. The van der Waals surface area contributed by atoms with Crippen molar-refractivity contribution < 1.29 is 22.8 Å². The number of rotatable bonds is 2. The Morgan fingerprint density at radius 1 is 1.33 bits per heavy atom. The number of nitrogens with zero attached hydrogens (tertiary/aromatic N) is 1. The van der Waals surface area contributed by atoms with Crippen molar-refractivity contribution in [2.45, 2.75) is 31.5 Å². The summed E-state index contributed by atoms with van der Waals surface area (Å²) in [6.45, 7) is 0.563. The maximum absolute atomic E-state index is 12.4. The van der Waals surface area contributed by atoms with Crippen LogP contribution < -0.4 is 10.6 Å². The molecule has 1 aliphatic heterocycles. The van der Waals surface area contributed by atoms with Crippen LogP contribution in [0.15, 0.2) is 18.3 Å². The zero-order chi connectivity index (χ0) is 15.5. The van der Waals surface area contributed by atoms with Gasteiger partial charge in [-0.05, 0) is 31.4 Å². The molecule has 0 radical (unpaired) electrons. The first-order valence-electron chi connectivity index (χ1n) is 6.50. The molecule has 8 heteroatoms. The highest BCUT2D eigenvalue weighted by molar-refractivity contribution is 5.97. The molecule has 0 saturated carbocycles. The van der Waals surface area contributed by atoms with Crippen LogP contribution in [0.1, 0.15) is 35.3 Å². The number of nitrogens with one attached hydrogen (secondary N) is 2. The van der Waals surface area contributed by atoms with Crippen molar-refractivity contribution in [1.29, 1.82) is 0 Å². The molecule has 1 aromatic heterocycles. The van der Waals surface area contributed by atoms with E-state index in [0.29, 0.717) is 13.0 Å². The third-order valence-corrected chi connectivity index (χ3v) is 3.16. The third kappa shape index (κ3) is 3.93. The second-order valence-corrected chi connectivity index (χ2v) is 4.74. The maximum Gasteiger partial charge on any atom is 0.433 e. The first-order valence-corrected chi connectivity index (χ1v) is 6.50. The largest absolute Gasteiger partial charge is 0.433 e. The minimum Gasteiger partial charge on any atom is -0.354 e. The Morgan fingerprint density at radius 3 is 2.71 bits per heavy atom. The highest BCUT2D eigenvalue weighted by Gasteiger charge is 2.32. The number of amides is 2. The molecule has 2 amide bonds. The smallest absolute Gasteiger partial charge is 0.354 e. The van der Waals surface area contributed by atoms with Crippen molar-refractivity contribution in [3.63, 3.8) is 0 Å². The van der Waals surface area contributed by atoms with Crippen molar-refractivity contribution in [2.75, 3.05) is 6.54 Å². The van der Waals surface area contributed by atoms with Gasteiger partial charge in [0.1, 0.15) is 11.7 Å². The van der Waals surface area contributed by atoms with Crippen LogP contribution in [0.3, 0.4) is 0 Å². The van der Waals surface area contributed by atoms with Gasteiger partial charge in [0.2, 0.25) is 5.91 Å². The first-order chi connectivity index (χ1) is 9.88. The number of halogens is 3. The summed E-state index contributed by atoms with van der Waals surface area (Å²) in [4.78, 5) is 26.8. The molecule has 0 spiro atoms. The molecule has 1 saturated heterocycles. The summed E-state index contributed by atoms with van der Waals surface area (Å²) in [5, 5.41) is 5.17. The molecule has 0 aliphatic carbocycles. The van der Waals surface area contributed by atoms with Gasteiger partial charge < -0.3 is 10.6 Å². The highest BCUT2D eigenvalue weighted by atomic mass is 19.4. The van der Waals surface area contributed by atoms with Crippen molar-refractivity contribution in [3.8, 4) is 0 Å². The molecule has 1 aliphatic rings. The van der Waals surface area contributed by atoms with E-state index in [1.807, 2.05) is 0 Å². The molecule has 1 fully saturated rings. The van der Waals surface area contributed by atoms with Crippen LogP contribution in [0.25, 0.3) is 0 Å². The van der Waals surface area contributed by atoms with Gasteiger partial charge in [-0.2, -0.15) is 13.2 Å². The van der Waals surface area contributed by atoms with Crippen LogP contribution in [0, 0.1) is 0 Å². The molecular weight excluding hydrogens is 287 g/mol. The predicted molar refractivity (Wildman–Crippen MR) is 67.4 cm³/mol. The second kappa shape index (κ2) is 6.11. The quantitative estimate of drug-likeness (QED) is 0.869. The molecular formula is C13H14F3N3O2. The fraction of sp³-hybridized carbons (Fsp3) is 0.462. The normalized spacial score (nSPS) is 19.6. The summed E-state index contributed by atoms with van der Waals surface area (Å²) in [7, 11) is 0. The van der Waals surface area contributed by atoms with Crippen LogP contribution in [-0.4, -0.2) is 29.4 Å². The van der Waals surface area contributed by atoms with E-state index in [4.69, 9.17) is 0 Å². The van der Waals surface area contributed by atoms with Gasteiger partial charge in [-0.15, -0.1) is 0 Å².